The van der Waals surface area contributed by atoms with Crippen LogP contribution in [-0.2, 0) is 14.8 Å². The first-order valence-corrected chi connectivity index (χ1v) is 8.48. The van der Waals surface area contributed by atoms with Gasteiger partial charge in [-0.25, -0.2) is 13.4 Å². The van der Waals surface area contributed by atoms with Crippen LogP contribution in [0.2, 0.25) is 0 Å². The lowest BCUT2D eigenvalue weighted by Crippen LogP contribution is -2.11. The summed E-state index contributed by atoms with van der Waals surface area (Å²) in [6.07, 6.45) is 1.21. The van der Waals surface area contributed by atoms with Gasteiger partial charge in [0.25, 0.3) is 10.0 Å². The molecule has 0 aliphatic rings. The fourth-order valence-corrected chi connectivity index (χ4v) is 3.71. The minimum absolute atomic E-state index is 0.0316. The number of carbonyl (C=O) groups is 1. The van der Waals surface area contributed by atoms with Crippen LogP contribution in [0.4, 0.5) is 10.8 Å². The third-order valence-corrected chi connectivity index (χ3v) is 5.41. The first-order chi connectivity index (χ1) is 9.37. The third kappa shape index (κ3) is 3.78. The number of benzene rings is 1. The van der Waals surface area contributed by atoms with Crippen molar-refractivity contribution in [3.05, 3.63) is 34.9 Å². The minimum Gasteiger partial charge on any atom is -0.302 e. The van der Waals surface area contributed by atoms with E-state index in [2.05, 4.69) is 31.0 Å². The van der Waals surface area contributed by atoms with Gasteiger partial charge in [-0.05, 0) is 24.3 Å². The quantitative estimate of drug-likeness (QED) is 0.859. The summed E-state index contributed by atoms with van der Waals surface area (Å²) < 4.78 is 27.6. The van der Waals surface area contributed by atoms with Crippen LogP contribution in [0.15, 0.2) is 39.1 Å². The van der Waals surface area contributed by atoms with Gasteiger partial charge in [0.15, 0.2) is 9.34 Å². The van der Waals surface area contributed by atoms with Gasteiger partial charge in [-0.2, -0.15) is 0 Å². The van der Waals surface area contributed by atoms with Crippen LogP contribution >= 0.6 is 27.3 Å². The molecule has 0 fully saturated rings. The van der Waals surface area contributed by atoms with Crippen molar-refractivity contribution in [2.45, 2.75) is 11.1 Å². The molecule has 0 unspecified atom stereocenters. The predicted molar refractivity (Wildman–Crippen MR) is 81.4 cm³/mol. The Kier molecular flexibility index (Phi) is 4.41. The van der Waals surface area contributed by atoms with Crippen molar-refractivity contribution in [1.29, 1.82) is 0 Å². The highest BCUT2D eigenvalue weighted by atomic mass is 79.9. The summed E-state index contributed by atoms with van der Waals surface area (Å²) in [5.74, 6) is -0.302. The molecule has 0 atom stereocenters. The zero-order valence-electron chi connectivity index (χ0n) is 10.3. The number of hydrogen-bond acceptors (Lipinski definition) is 5. The summed E-state index contributed by atoms with van der Waals surface area (Å²) in [6.45, 7) is 1.33. The summed E-state index contributed by atoms with van der Waals surface area (Å²) in [5, 5.41) is 2.68. The van der Waals surface area contributed by atoms with Gasteiger partial charge in [0.2, 0.25) is 5.91 Å². The first-order valence-electron chi connectivity index (χ1n) is 5.38. The molecule has 2 rings (SSSR count). The second-order valence-corrected chi connectivity index (χ2v) is 7.63. The van der Waals surface area contributed by atoms with E-state index in [4.69, 9.17) is 0 Å². The second-order valence-electron chi connectivity index (χ2n) is 3.78. The number of aromatic nitrogens is 1. The van der Waals surface area contributed by atoms with Crippen LogP contribution in [0.25, 0.3) is 0 Å². The largest absolute Gasteiger partial charge is 0.302 e. The Labute approximate surface area is 128 Å². The maximum Gasteiger partial charge on any atom is 0.273 e. The van der Waals surface area contributed by atoms with Crippen LogP contribution in [0.5, 0.6) is 0 Å². The number of halogens is 1. The lowest BCUT2D eigenvalue weighted by atomic mass is 10.3. The van der Waals surface area contributed by atoms with Crippen molar-refractivity contribution in [3.63, 3.8) is 0 Å². The van der Waals surface area contributed by atoms with Gasteiger partial charge in [-0.1, -0.05) is 27.3 Å². The number of thiazole rings is 1. The van der Waals surface area contributed by atoms with Crippen molar-refractivity contribution in [2.75, 3.05) is 10.0 Å². The Morgan fingerprint density at radius 2 is 1.95 bits per heavy atom. The van der Waals surface area contributed by atoms with Crippen molar-refractivity contribution in [3.8, 4) is 0 Å². The number of carbonyl (C=O) groups excluding carboxylic acids is 1. The number of sulfonamides is 1. The number of nitrogens with zero attached hydrogens (tertiary/aromatic N) is 1. The lowest BCUT2D eigenvalue weighted by Gasteiger charge is -2.05. The Morgan fingerprint density at radius 3 is 2.55 bits per heavy atom. The van der Waals surface area contributed by atoms with E-state index in [0.29, 0.717) is 5.69 Å². The number of amides is 1. The van der Waals surface area contributed by atoms with Crippen molar-refractivity contribution in [2.24, 2.45) is 0 Å². The predicted octanol–water partition coefficient (Wildman–Crippen LogP) is 2.66. The van der Waals surface area contributed by atoms with Crippen molar-refractivity contribution in [1.82, 2.24) is 4.98 Å². The van der Waals surface area contributed by atoms with E-state index in [1.165, 1.54) is 13.1 Å². The van der Waals surface area contributed by atoms with Gasteiger partial charge < -0.3 is 5.32 Å². The summed E-state index contributed by atoms with van der Waals surface area (Å²) in [6, 6.07) is 6.73. The molecule has 1 aromatic carbocycles. The smallest absolute Gasteiger partial charge is 0.273 e. The Hall–Kier alpha value is -1.45. The van der Waals surface area contributed by atoms with Gasteiger partial charge >= 0.3 is 0 Å². The van der Waals surface area contributed by atoms with E-state index in [-0.39, 0.29) is 15.2 Å². The van der Waals surface area contributed by atoms with Crippen LogP contribution in [0, 0.1) is 0 Å². The Bertz CT molecular complexity index is 726. The molecule has 0 saturated carbocycles. The second kappa shape index (κ2) is 5.90. The molecule has 20 heavy (non-hydrogen) atoms. The number of hydrogen-bond donors (Lipinski definition) is 2. The van der Waals surface area contributed by atoms with Gasteiger partial charge in [-0.15, -0.1) is 0 Å². The number of nitrogens with one attached hydrogen (secondary N) is 2. The average Bonchev–Trinajstić information content (AvgIpc) is 2.80. The average molecular weight is 376 g/mol. The van der Waals surface area contributed by atoms with Crippen LogP contribution in [-0.4, -0.2) is 19.3 Å². The van der Waals surface area contributed by atoms with Gasteiger partial charge in [0.05, 0.1) is 6.20 Å². The van der Waals surface area contributed by atoms with E-state index < -0.39 is 10.0 Å². The lowest BCUT2D eigenvalue weighted by molar-refractivity contribution is -0.114. The fraction of sp³-hybridized carbons (Fsp3) is 0.0909. The molecule has 0 radical (unpaired) electrons. The molecule has 1 heterocycles. The van der Waals surface area contributed by atoms with Crippen molar-refractivity contribution < 1.29 is 13.2 Å². The highest BCUT2D eigenvalue weighted by Crippen LogP contribution is 2.25. The highest BCUT2D eigenvalue weighted by Gasteiger charge is 2.18. The maximum atomic E-state index is 12.1. The van der Waals surface area contributed by atoms with Gasteiger partial charge in [0, 0.05) is 17.1 Å². The van der Waals surface area contributed by atoms with E-state index in [0.717, 1.165) is 15.8 Å². The van der Waals surface area contributed by atoms with Crippen LogP contribution < -0.4 is 10.0 Å². The fourth-order valence-electron chi connectivity index (χ4n) is 1.32. The molecule has 0 spiro atoms. The first kappa shape index (κ1) is 14.9. The zero-order valence-corrected chi connectivity index (χ0v) is 13.5. The highest BCUT2D eigenvalue weighted by molar-refractivity contribution is 9.10. The van der Waals surface area contributed by atoms with Crippen LogP contribution in [0.3, 0.4) is 0 Å². The van der Waals surface area contributed by atoms with E-state index >= 15 is 0 Å². The van der Waals surface area contributed by atoms with E-state index in [1.54, 1.807) is 24.3 Å². The van der Waals surface area contributed by atoms with Gasteiger partial charge in [0.1, 0.15) is 0 Å². The molecule has 9 heteroatoms. The molecule has 0 saturated heterocycles. The van der Waals surface area contributed by atoms with E-state index in [9.17, 15) is 13.2 Å². The summed E-state index contributed by atoms with van der Waals surface area (Å²) >= 11 is 4.16. The number of anilines is 2. The molecular formula is C11H10BrN3O3S2. The summed E-state index contributed by atoms with van der Waals surface area (Å²) in [7, 11) is -3.70. The summed E-state index contributed by atoms with van der Waals surface area (Å²) in [5.41, 5.74) is 0.447. The molecule has 106 valence electrons. The molecular weight excluding hydrogens is 366 g/mol. The normalized spacial score (nSPS) is 11.1. The molecule has 0 aliphatic heterocycles. The van der Waals surface area contributed by atoms with Gasteiger partial charge in [-0.3, -0.25) is 9.52 Å². The Balaban J connectivity index is 2.19. The molecule has 2 N–H and O–H groups in total. The topological polar surface area (TPSA) is 88.2 Å². The van der Waals surface area contributed by atoms with Crippen molar-refractivity contribution >= 4 is 54.0 Å². The molecule has 1 amide bonds. The molecule has 6 nitrogen and oxygen atoms in total. The third-order valence-electron chi connectivity index (χ3n) is 2.13. The molecule has 1 aromatic heterocycles. The zero-order chi connectivity index (χ0) is 14.8. The van der Waals surface area contributed by atoms with Crippen LogP contribution in [0.1, 0.15) is 6.92 Å². The monoisotopic (exact) mass is 375 g/mol. The summed E-state index contributed by atoms with van der Waals surface area (Å²) in [4.78, 5) is 14.7. The standard InChI is InChI=1S/C11H10BrN3O3S2/c1-7(16)14-11-13-6-10(19-11)20(17,18)15-9-4-2-8(12)3-5-9/h2-6,15H,1H3,(H,13,14,16). The molecule has 0 aliphatic carbocycles. The molecule has 0 bridgehead atoms. The molecule has 2 aromatic rings. The number of rotatable bonds is 4. The SMILES string of the molecule is CC(=O)Nc1ncc(S(=O)(=O)Nc2ccc(Br)cc2)s1. The maximum absolute atomic E-state index is 12.1. The Morgan fingerprint density at radius 1 is 1.30 bits per heavy atom. The van der Waals surface area contributed by atoms with E-state index in [1.807, 2.05) is 0 Å². The minimum atomic E-state index is -3.70.